The number of aryl methyl sites for hydroxylation is 1. The van der Waals surface area contributed by atoms with Gasteiger partial charge in [-0.25, -0.2) is 4.79 Å². The normalized spacial score (nSPS) is 10.8. The molecule has 4 nitrogen and oxygen atoms in total. The minimum atomic E-state index is -1.04. The molecule has 1 heterocycles. The fraction of sp³-hybridized carbons (Fsp3) is 0.0667. The van der Waals surface area contributed by atoms with Crippen molar-refractivity contribution in [3.05, 3.63) is 56.2 Å². The van der Waals surface area contributed by atoms with Gasteiger partial charge in [-0.3, -0.25) is 4.79 Å². The molecule has 1 aromatic heterocycles. The Kier molecular flexibility index (Phi) is 4.93. The largest absolute Gasteiger partial charge is 0.477 e. The van der Waals surface area contributed by atoms with E-state index in [9.17, 15) is 9.59 Å². The van der Waals surface area contributed by atoms with Gasteiger partial charge in [0.25, 0.3) is 0 Å². The van der Waals surface area contributed by atoms with E-state index in [0.717, 1.165) is 26.9 Å². The number of amides is 1. The number of thiophene rings is 1. The number of hydrogen-bond acceptors (Lipinski definition) is 3. The Hall–Kier alpha value is -1.92. The van der Waals surface area contributed by atoms with Gasteiger partial charge in [-0.05, 0) is 41.6 Å². The van der Waals surface area contributed by atoms with Crippen molar-refractivity contribution in [1.29, 1.82) is 0 Å². The summed E-state index contributed by atoms with van der Waals surface area (Å²) in [6.07, 6.45) is 3.05. The molecule has 2 N–H and O–H groups in total. The molecule has 0 spiro atoms. The number of carboxylic acids is 1. The van der Waals surface area contributed by atoms with Crippen LogP contribution in [0.25, 0.3) is 6.08 Å². The fourth-order valence-electron chi connectivity index (χ4n) is 1.70. The first-order valence-electron chi connectivity index (χ1n) is 6.03. The molecule has 1 amide bonds. The van der Waals surface area contributed by atoms with Crippen LogP contribution >= 0.6 is 27.3 Å². The summed E-state index contributed by atoms with van der Waals surface area (Å²) < 4.78 is 0.923. The summed E-state index contributed by atoms with van der Waals surface area (Å²) in [5, 5.41) is 13.4. The Bertz CT molecular complexity index is 721. The third kappa shape index (κ3) is 4.03. The lowest BCUT2D eigenvalue weighted by Gasteiger charge is -2.03. The number of benzene rings is 1. The summed E-state index contributed by atoms with van der Waals surface area (Å²) in [6, 6.07) is 7.51. The zero-order valence-electron chi connectivity index (χ0n) is 11.1. The number of anilines is 1. The molecule has 2 aromatic rings. The summed E-state index contributed by atoms with van der Waals surface area (Å²) >= 11 is 4.45. The van der Waals surface area contributed by atoms with Crippen LogP contribution in [0.1, 0.15) is 20.8 Å². The van der Waals surface area contributed by atoms with Crippen LogP contribution in [0.4, 0.5) is 5.69 Å². The average molecular weight is 366 g/mol. The number of carbonyl (C=O) groups excluding carboxylic acids is 1. The van der Waals surface area contributed by atoms with Crippen LogP contribution in [0.3, 0.4) is 0 Å². The molecule has 0 aliphatic carbocycles. The Labute approximate surface area is 134 Å². The zero-order valence-corrected chi connectivity index (χ0v) is 13.5. The number of nitrogens with one attached hydrogen (secondary N) is 1. The Morgan fingerprint density at radius 3 is 2.81 bits per heavy atom. The van der Waals surface area contributed by atoms with Gasteiger partial charge >= 0.3 is 5.97 Å². The maximum absolute atomic E-state index is 11.9. The molecule has 108 valence electrons. The number of aromatic carboxylic acids is 1. The van der Waals surface area contributed by atoms with Gasteiger partial charge in [-0.2, -0.15) is 0 Å². The molecule has 0 saturated carbocycles. The summed E-state index contributed by atoms with van der Waals surface area (Å²) in [5.41, 5.74) is 1.97. The Morgan fingerprint density at radius 1 is 1.38 bits per heavy atom. The standard InChI is InChI=1S/C15H12BrNO3S/c1-9-8-21-14(15(19)20)13(9)17-12(18)6-5-10-3-2-4-11(16)7-10/h2-8H,1H3,(H,17,18)(H,19,20)/b6-5+. The van der Waals surface area contributed by atoms with Crippen LogP contribution in [-0.2, 0) is 4.79 Å². The van der Waals surface area contributed by atoms with Crippen molar-refractivity contribution in [3.63, 3.8) is 0 Å². The molecule has 21 heavy (non-hydrogen) atoms. The SMILES string of the molecule is Cc1csc(C(=O)O)c1NC(=O)/C=C/c1cccc(Br)c1. The molecule has 0 unspecified atom stereocenters. The van der Waals surface area contributed by atoms with Gasteiger partial charge in [0.2, 0.25) is 5.91 Å². The lowest BCUT2D eigenvalue weighted by atomic mass is 10.2. The number of rotatable bonds is 4. The van der Waals surface area contributed by atoms with E-state index in [1.165, 1.54) is 6.08 Å². The predicted octanol–water partition coefficient (Wildman–Crippen LogP) is 4.17. The van der Waals surface area contributed by atoms with E-state index in [2.05, 4.69) is 21.2 Å². The lowest BCUT2D eigenvalue weighted by Crippen LogP contribution is -2.11. The first-order chi connectivity index (χ1) is 9.97. The number of halogens is 1. The summed E-state index contributed by atoms with van der Waals surface area (Å²) in [4.78, 5) is 23.1. The summed E-state index contributed by atoms with van der Waals surface area (Å²) in [7, 11) is 0. The fourth-order valence-corrected chi connectivity index (χ4v) is 2.96. The van der Waals surface area contributed by atoms with Gasteiger partial charge in [0.05, 0.1) is 5.69 Å². The Balaban J connectivity index is 2.12. The van der Waals surface area contributed by atoms with Crippen LogP contribution in [0.2, 0.25) is 0 Å². The third-order valence-corrected chi connectivity index (χ3v) is 4.27. The predicted molar refractivity (Wildman–Crippen MR) is 87.8 cm³/mol. The smallest absolute Gasteiger partial charge is 0.348 e. The zero-order chi connectivity index (χ0) is 15.4. The molecular formula is C15H12BrNO3S. The van der Waals surface area contributed by atoms with Crippen molar-refractivity contribution >= 4 is 50.9 Å². The summed E-state index contributed by atoms with van der Waals surface area (Å²) in [5.74, 6) is -1.40. The monoisotopic (exact) mass is 365 g/mol. The van der Waals surface area contributed by atoms with Crippen LogP contribution in [-0.4, -0.2) is 17.0 Å². The molecular weight excluding hydrogens is 354 g/mol. The number of carboxylic acid groups (broad SMARTS) is 1. The topological polar surface area (TPSA) is 66.4 Å². The molecule has 0 saturated heterocycles. The van der Waals surface area contributed by atoms with Crippen molar-refractivity contribution in [1.82, 2.24) is 0 Å². The Morgan fingerprint density at radius 2 is 2.14 bits per heavy atom. The third-order valence-electron chi connectivity index (χ3n) is 2.69. The molecule has 0 atom stereocenters. The highest BCUT2D eigenvalue weighted by atomic mass is 79.9. The van der Waals surface area contributed by atoms with E-state index < -0.39 is 5.97 Å². The van der Waals surface area contributed by atoms with E-state index in [-0.39, 0.29) is 10.8 Å². The number of hydrogen-bond donors (Lipinski definition) is 2. The molecule has 2 rings (SSSR count). The van der Waals surface area contributed by atoms with Crippen molar-refractivity contribution in [3.8, 4) is 0 Å². The molecule has 0 fully saturated rings. The number of carbonyl (C=O) groups is 2. The van der Waals surface area contributed by atoms with Crippen LogP contribution in [0.5, 0.6) is 0 Å². The van der Waals surface area contributed by atoms with Gasteiger partial charge in [0.15, 0.2) is 0 Å². The highest BCUT2D eigenvalue weighted by Crippen LogP contribution is 2.27. The van der Waals surface area contributed by atoms with Crippen molar-refractivity contribution in [2.45, 2.75) is 6.92 Å². The molecule has 6 heteroatoms. The minimum Gasteiger partial charge on any atom is -0.477 e. The molecule has 0 radical (unpaired) electrons. The van der Waals surface area contributed by atoms with Gasteiger partial charge in [0, 0.05) is 10.5 Å². The van der Waals surface area contributed by atoms with Crippen molar-refractivity contribution in [2.75, 3.05) is 5.32 Å². The first kappa shape index (κ1) is 15.5. The van der Waals surface area contributed by atoms with Crippen LogP contribution in [0.15, 0.2) is 40.2 Å². The van der Waals surface area contributed by atoms with Crippen molar-refractivity contribution in [2.24, 2.45) is 0 Å². The second-order valence-corrected chi connectivity index (χ2v) is 6.10. The minimum absolute atomic E-state index is 0.136. The van der Waals surface area contributed by atoms with E-state index >= 15 is 0 Å². The maximum Gasteiger partial charge on any atom is 0.348 e. The van der Waals surface area contributed by atoms with Crippen LogP contribution < -0.4 is 5.32 Å². The van der Waals surface area contributed by atoms with Gasteiger partial charge < -0.3 is 10.4 Å². The molecule has 0 aliphatic rings. The highest BCUT2D eigenvalue weighted by Gasteiger charge is 2.16. The maximum atomic E-state index is 11.9. The summed E-state index contributed by atoms with van der Waals surface area (Å²) in [6.45, 7) is 1.76. The van der Waals surface area contributed by atoms with Gasteiger partial charge in [-0.1, -0.05) is 28.1 Å². The molecule has 0 aliphatic heterocycles. The van der Waals surface area contributed by atoms with E-state index in [4.69, 9.17) is 5.11 Å². The van der Waals surface area contributed by atoms with E-state index in [1.54, 1.807) is 18.4 Å². The molecule has 1 aromatic carbocycles. The van der Waals surface area contributed by atoms with E-state index in [1.807, 2.05) is 24.3 Å². The molecule has 0 bridgehead atoms. The quantitative estimate of drug-likeness (QED) is 0.799. The van der Waals surface area contributed by atoms with Crippen molar-refractivity contribution < 1.29 is 14.7 Å². The second kappa shape index (κ2) is 6.69. The van der Waals surface area contributed by atoms with Crippen LogP contribution in [0, 0.1) is 6.92 Å². The lowest BCUT2D eigenvalue weighted by molar-refractivity contribution is -0.111. The van der Waals surface area contributed by atoms with E-state index in [0.29, 0.717) is 5.69 Å². The van der Waals surface area contributed by atoms with Gasteiger partial charge in [0.1, 0.15) is 4.88 Å². The van der Waals surface area contributed by atoms with Gasteiger partial charge in [-0.15, -0.1) is 11.3 Å². The second-order valence-electron chi connectivity index (χ2n) is 4.31. The highest BCUT2D eigenvalue weighted by molar-refractivity contribution is 9.10. The average Bonchev–Trinajstić information content (AvgIpc) is 2.78. The first-order valence-corrected chi connectivity index (χ1v) is 7.70.